The molecule has 4 nitrogen and oxygen atoms in total. The van der Waals surface area contributed by atoms with Gasteiger partial charge in [-0.15, -0.1) is 0 Å². The molecule has 0 unspecified atom stereocenters. The molecule has 0 spiro atoms. The van der Waals surface area contributed by atoms with Crippen molar-refractivity contribution in [2.75, 3.05) is 0 Å². The Morgan fingerprint density at radius 2 is 1.28 bits per heavy atom. The number of aliphatic hydroxyl groups is 1. The van der Waals surface area contributed by atoms with E-state index in [2.05, 4.69) is 0 Å². The van der Waals surface area contributed by atoms with Crippen molar-refractivity contribution in [2.24, 2.45) is 0 Å². The van der Waals surface area contributed by atoms with Crippen molar-refractivity contribution in [1.82, 2.24) is 0 Å². The first-order valence-corrected chi connectivity index (χ1v) is 7.87. The zero-order chi connectivity index (χ0) is 17.7. The third-order valence-electron chi connectivity index (χ3n) is 4.05. The average Bonchev–Trinajstić information content (AvgIpc) is 2.68. The number of hydrogen-bond donors (Lipinski definition) is 1. The van der Waals surface area contributed by atoms with Gasteiger partial charge in [0.1, 0.15) is 5.60 Å². The lowest BCUT2D eigenvalue weighted by atomic mass is 9.85. The Hall–Kier alpha value is -3.24. The van der Waals surface area contributed by atoms with E-state index >= 15 is 0 Å². The first-order chi connectivity index (χ1) is 12.1. The van der Waals surface area contributed by atoms with E-state index in [0.29, 0.717) is 0 Å². The highest BCUT2D eigenvalue weighted by Crippen LogP contribution is 2.31. The molecule has 0 saturated carbocycles. The maximum absolute atomic E-state index is 11.4. The molecule has 3 aromatic carbocycles. The molecular formula is C21H17NO3. The molecule has 0 heterocycles. The largest absolute Gasteiger partial charge is 0.377 e. The lowest BCUT2D eigenvalue weighted by Crippen LogP contribution is -2.24. The minimum atomic E-state index is -1.29. The molecule has 4 heteroatoms. The SMILES string of the molecule is O=[N+]([O-])c1ccc(/C=C/C(O)(c2ccccc2)c2ccccc2)cc1. The molecular weight excluding hydrogens is 314 g/mol. The minimum absolute atomic E-state index is 0.0403. The maximum atomic E-state index is 11.4. The van der Waals surface area contributed by atoms with Crippen LogP contribution < -0.4 is 0 Å². The van der Waals surface area contributed by atoms with Crippen LogP contribution in [0.5, 0.6) is 0 Å². The first-order valence-electron chi connectivity index (χ1n) is 7.87. The summed E-state index contributed by atoms with van der Waals surface area (Å²) in [4.78, 5) is 10.3. The van der Waals surface area contributed by atoms with Crippen LogP contribution in [0, 0.1) is 10.1 Å². The van der Waals surface area contributed by atoms with E-state index in [1.54, 1.807) is 24.3 Å². The summed E-state index contributed by atoms with van der Waals surface area (Å²) in [5.74, 6) is 0. The molecule has 0 bridgehead atoms. The molecule has 3 aromatic rings. The molecule has 25 heavy (non-hydrogen) atoms. The van der Waals surface area contributed by atoms with Crippen LogP contribution in [0.25, 0.3) is 6.08 Å². The third kappa shape index (κ3) is 3.65. The number of rotatable bonds is 5. The Kier molecular flexibility index (Phi) is 4.73. The van der Waals surface area contributed by atoms with Crippen LogP contribution in [0.1, 0.15) is 16.7 Å². The zero-order valence-corrected chi connectivity index (χ0v) is 13.4. The Balaban J connectivity index is 2.00. The Bertz CT molecular complexity index is 833. The van der Waals surface area contributed by atoms with Crippen LogP contribution in [0.3, 0.4) is 0 Å². The fourth-order valence-electron chi connectivity index (χ4n) is 2.67. The summed E-state index contributed by atoms with van der Waals surface area (Å²) in [6, 6.07) is 25.0. The molecule has 0 saturated heterocycles. The van der Waals surface area contributed by atoms with E-state index in [9.17, 15) is 15.2 Å². The van der Waals surface area contributed by atoms with Gasteiger partial charge in [0, 0.05) is 12.1 Å². The summed E-state index contributed by atoms with van der Waals surface area (Å²) >= 11 is 0. The summed E-state index contributed by atoms with van der Waals surface area (Å²) in [5.41, 5.74) is 1.03. The van der Waals surface area contributed by atoms with Crippen LogP contribution in [0.2, 0.25) is 0 Å². The highest BCUT2D eigenvalue weighted by Gasteiger charge is 2.28. The second-order valence-corrected chi connectivity index (χ2v) is 5.68. The van der Waals surface area contributed by atoms with Gasteiger partial charge in [0.25, 0.3) is 5.69 Å². The summed E-state index contributed by atoms with van der Waals surface area (Å²) in [7, 11) is 0. The minimum Gasteiger partial charge on any atom is -0.377 e. The molecule has 0 amide bonds. The normalized spacial score (nSPS) is 11.6. The number of non-ortho nitro benzene ring substituents is 1. The lowest BCUT2D eigenvalue weighted by molar-refractivity contribution is -0.384. The second kappa shape index (κ2) is 7.11. The molecule has 3 rings (SSSR count). The molecule has 0 fully saturated rings. The van der Waals surface area contributed by atoms with E-state index in [1.807, 2.05) is 60.7 Å². The van der Waals surface area contributed by atoms with Gasteiger partial charge in [-0.05, 0) is 34.9 Å². The average molecular weight is 331 g/mol. The van der Waals surface area contributed by atoms with E-state index < -0.39 is 10.5 Å². The third-order valence-corrected chi connectivity index (χ3v) is 4.05. The van der Waals surface area contributed by atoms with Crippen molar-refractivity contribution >= 4 is 11.8 Å². The van der Waals surface area contributed by atoms with Crippen LogP contribution in [0.15, 0.2) is 91.0 Å². The number of nitro benzene ring substituents is 1. The van der Waals surface area contributed by atoms with Gasteiger partial charge in [-0.2, -0.15) is 0 Å². The van der Waals surface area contributed by atoms with Crippen molar-refractivity contribution < 1.29 is 10.0 Å². The second-order valence-electron chi connectivity index (χ2n) is 5.68. The van der Waals surface area contributed by atoms with Gasteiger partial charge in [-0.1, -0.05) is 66.7 Å². The predicted molar refractivity (Wildman–Crippen MR) is 98.0 cm³/mol. The molecule has 124 valence electrons. The van der Waals surface area contributed by atoms with Gasteiger partial charge in [0.15, 0.2) is 0 Å². The summed E-state index contributed by atoms with van der Waals surface area (Å²) in [6.07, 6.45) is 3.47. The van der Waals surface area contributed by atoms with E-state index in [-0.39, 0.29) is 5.69 Å². The van der Waals surface area contributed by atoms with Crippen molar-refractivity contribution in [3.05, 3.63) is 118 Å². The highest BCUT2D eigenvalue weighted by atomic mass is 16.6. The zero-order valence-electron chi connectivity index (χ0n) is 13.4. The lowest BCUT2D eigenvalue weighted by Gasteiger charge is -2.26. The van der Waals surface area contributed by atoms with Crippen molar-refractivity contribution in [2.45, 2.75) is 5.60 Å². The van der Waals surface area contributed by atoms with E-state index in [4.69, 9.17) is 0 Å². The van der Waals surface area contributed by atoms with Crippen LogP contribution in [-0.4, -0.2) is 10.0 Å². The Morgan fingerprint density at radius 1 is 0.800 bits per heavy atom. The quantitative estimate of drug-likeness (QED) is 0.551. The first kappa shape index (κ1) is 16.6. The fraction of sp³-hybridized carbons (Fsp3) is 0.0476. The number of nitrogens with zero attached hydrogens (tertiary/aromatic N) is 1. The van der Waals surface area contributed by atoms with Gasteiger partial charge in [0.05, 0.1) is 4.92 Å². The van der Waals surface area contributed by atoms with Crippen LogP contribution in [-0.2, 0) is 5.60 Å². The van der Waals surface area contributed by atoms with Crippen molar-refractivity contribution in [3.63, 3.8) is 0 Å². The number of benzene rings is 3. The van der Waals surface area contributed by atoms with Crippen LogP contribution in [0.4, 0.5) is 5.69 Å². The predicted octanol–water partition coefficient (Wildman–Crippen LogP) is 4.54. The van der Waals surface area contributed by atoms with Crippen molar-refractivity contribution in [3.8, 4) is 0 Å². The molecule has 0 aromatic heterocycles. The van der Waals surface area contributed by atoms with E-state index in [0.717, 1.165) is 16.7 Å². The molecule has 1 N–H and O–H groups in total. The Morgan fingerprint density at radius 3 is 1.72 bits per heavy atom. The monoisotopic (exact) mass is 331 g/mol. The molecule has 0 aliphatic carbocycles. The molecule has 0 aliphatic rings. The van der Waals surface area contributed by atoms with Crippen molar-refractivity contribution in [1.29, 1.82) is 0 Å². The summed E-state index contributed by atoms with van der Waals surface area (Å²) < 4.78 is 0. The maximum Gasteiger partial charge on any atom is 0.269 e. The highest BCUT2D eigenvalue weighted by molar-refractivity contribution is 5.56. The summed E-state index contributed by atoms with van der Waals surface area (Å²) in [6.45, 7) is 0. The topological polar surface area (TPSA) is 63.4 Å². The number of nitro groups is 1. The molecule has 0 aliphatic heterocycles. The van der Waals surface area contributed by atoms with E-state index in [1.165, 1.54) is 12.1 Å². The van der Waals surface area contributed by atoms with Crippen LogP contribution >= 0.6 is 0 Å². The van der Waals surface area contributed by atoms with Gasteiger partial charge in [-0.25, -0.2) is 0 Å². The number of hydrogen-bond acceptors (Lipinski definition) is 3. The van der Waals surface area contributed by atoms with Gasteiger partial charge < -0.3 is 5.11 Å². The standard InChI is InChI=1S/C21H17NO3/c23-21(18-7-3-1-4-8-18,19-9-5-2-6-10-19)16-15-17-11-13-20(14-12-17)22(24)25/h1-16,23H/b16-15+. The molecule has 0 radical (unpaired) electrons. The summed E-state index contributed by atoms with van der Waals surface area (Å²) in [5, 5.41) is 22.1. The molecule has 0 atom stereocenters. The Labute approximate surface area is 145 Å². The van der Waals surface area contributed by atoms with Gasteiger partial charge >= 0.3 is 0 Å². The fourth-order valence-corrected chi connectivity index (χ4v) is 2.67. The van der Waals surface area contributed by atoms with Gasteiger partial charge in [-0.3, -0.25) is 10.1 Å². The van der Waals surface area contributed by atoms with Gasteiger partial charge in [0.2, 0.25) is 0 Å². The smallest absolute Gasteiger partial charge is 0.269 e.